The quantitative estimate of drug-likeness (QED) is 0.290. The van der Waals surface area contributed by atoms with Crippen LogP contribution in [-0.4, -0.2) is 16.3 Å². The molecule has 0 aliphatic rings. The Morgan fingerprint density at radius 1 is 0.719 bits per heavy atom. The second-order valence-corrected chi connectivity index (χ2v) is 8.33. The molecule has 2 aromatic carbocycles. The standard InChI is InChI=1S/C21H14Cl4N4O3/c1-9-17(19(28-31-9)15-11(22)5-3-6-12(15)23)26-21(30)27-18-10(2)32-29-20(18)16-13(24)7-4-8-14(16)25/h3-8H,1-2H3,(H2,26,27,30). The third kappa shape index (κ3) is 4.17. The van der Waals surface area contributed by atoms with Gasteiger partial charge in [-0.05, 0) is 38.1 Å². The molecule has 2 N–H and O–H groups in total. The van der Waals surface area contributed by atoms with Crippen LogP contribution in [0.1, 0.15) is 11.5 Å². The fourth-order valence-corrected chi connectivity index (χ4v) is 4.24. The van der Waals surface area contributed by atoms with Crippen molar-refractivity contribution in [2.45, 2.75) is 13.8 Å². The molecule has 4 rings (SSSR count). The first-order chi connectivity index (χ1) is 15.3. The molecule has 0 bridgehead atoms. The number of amides is 2. The maximum absolute atomic E-state index is 12.9. The fraction of sp³-hybridized carbons (Fsp3) is 0.0952. The molecule has 4 aromatic rings. The van der Waals surface area contributed by atoms with Crippen LogP contribution in [0.2, 0.25) is 20.1 Å². The van der Waals surface area contributed by atoms with E-state index in [1.165, 1.54) is 0 Å². The zero-order chi connectivity index (χ0) is 23.0. The topological polar surface area (TPSA) is 93.2 Å². The molecule has 0 aliphatic heterocycles. The van der Waals surface area contributed by atoms with E-state index in [2.05, 4.69) is 20.9 Å². The molecule has 7 nitrogen and oxygen atoms in total. The third-order valence-electron chi connectivity index (χ3n) is 4.60. The van der Waals surface area contributed by atoms with E-state index in [1.807, 2.05) is 0 Å². The van der Waals surface area contributed by atoms with E-state index < -0.39 is 6.03 Å². The van der Waals surface area contributed by atoms with Crippen LogP contribution in [0.5, 0.6) is 0 Å². The van der Waals surface area contributed by atoms with E-state index in [0.717, 1.165) is 0 Å². The van der Waals surface area contributed by atoms with Crippen molar-refractivity contribution >= 4 is 63.8 Å². The number of urea groups is 1. The Bertz CT molecular complexity index is 1190. The molecule has 11 heteroatoms. The Kier molecular flexibility index (Phi) is 6.35. The number of hydrogen-bond donors (Lipinski definition) is 2. The number of halogens is 4. The van der Waals surface area contributed by atoms with Crippen LogP contribution in [0.3, 0.4) is 0 Å². The minimum atomic E-state index is -0.601. The van der Waals surface area contributed by atoms with Gasteiger partial charge < -0.3 is 19.7 Å². The number of anilines is 2. The van der Waals surface area contributed by atoms with Gasteiger partial charge in [-0.1, -0.05) is 68.8 Å². The van der Waals surface area contributed by atoms with Gasteiger partial charge >= 0.3 is 6.03 Å². The summed E-state index contributed by atoms with van der Waals surface area (Å²) in [5, 5.41) is 14.9. The molecular weight excluding hydrogens is 498 g/mol. The predicted molar refractivity (Wildman–Crippen MR) is 126 cm³/mol. The number of aromatic nitrogens is 2. The molecular formula is C21H14Cl4N4O3. The Labute approximate surface area is 202 Å². The lowest BCUT2D eigenvalue weighted by atomic mass is 10.1. The van der Waals surface area contributed by atoms with Gasteiger partial charge in [-0.25, -0.2) is 4.79 Å². The van der Waals surface area contributed by atoms with Crippen LogP contribution in [0.4, 0.5) is 16.2 Å². The van der Waals surface area contributed by atoms with Gasteiger partial charge in [0.25, 0.3) is 0 Å². The first-order valence-electron chi connectivity index (χ1n) is 9.17. The van der Waals surface area contributed by atoms with E-state index in [9.17, 15) is 4.79 Å². The van der Waals surface area contributed by atoms with Crippen LogP contribution >= 0.6 is 46.4 Å². The molecule has 2 heterocycles. The van der Waals surface area contributed by atoms with Crippen molar-refractivity contribution in [3.05, 3.63) is 68.0 Å². The number of rotatable bonds is 4. The minimum Gasteiger partial charge on any atom is -0.359 e. The summed E-state index contributed by atoms with van der Waals surface area (Å²) in [7, 11) is 0. The lowest BCUT2D eigenvalue weighted by Gasteiger charge is -2.11. The molecule has 0 radical (unpaired) electrons. The molecule has 0 spiro atoms. The number of hydrogen-bond acceptors (Lipinski definition) is 5. The maximum Gasteiger partial charge on any atom is 0.324 e. The van der Waals surface area contributed by atoms with Gasteiger partial charge in [-0.2, -0.15) is 0 Å². The molecule has 0 atom stereocenters. The summed E-state index contributed by atoms with van der Waals surface area (Å²) in [5.41, 5.74) is 2.09. The Balaban J connectivity index is 1.67. The van der Waals surface area contributed by atoms with Gasteiger partial charge in [-0.3, -0.25) is 0 Å². The SMILES string of the molecule is Cc1onc(-c2c(Cl)cccc2Cl)c1NC(=O)Nc1c(-c2c(Cl)cccc2Cl)noc1C. The molecule has 0 unspecified atom stereocenters. The average Bonchev–Trinajstić information content (AvgIpc) is 3.26. The normalized spacial score (nSPS) is 10.9. The first-order valence-corrected chi connectivity index (χ1v) is 10.7. The molecule has 32 heavy (non-hydrogen) atoms. The first kappa shape index (κ1) is 22.5. The average molecular weight is 512 g/mol. The maximum atomic E-state index is 12.9. The van der Waals surface area contributed by atoms with Crippen LogP contribution in [0, 0.1) is 13.8 Å². The highest BCUT2D eigenvalue weighted by Crippen LogP contribution is 2.41. The number of benzene rings is 2. The molecule has 0 saturated carbocycles. The number of carbonyl (C=O) groups is 1. The Hall–Kier alpha value is -2.71. The molecule has 0 saturated heterocycles. The predicted octanol–water partition coefficient (Wildman–Crippen LogP) is 7.87. The lowest BCUT2D eigenvalue weighted by molar-refractivity contribution is 0.262. The van der Waals surface area contributed by atoms with Crippen molar-refractivity contribution < 1.29 is 13.8 Å². The second-order valence-electron chi connectivity index (χ2n) is 6.70. The third-order valence-corrected chi connectivity index (χ3v) is 5.86. The molecule has 2 aromatic heterocycles. The van der Waals surface area contributed by atoms with E-state index in [-0.39, 0.29) is 0 Å². The summed E-state index contributed by atoms with van der Waals surface area (Å²) in [5.74, 6) is 0.727. The molecule has 164 valence electrons. The van der Waals surface area contributed by atoms with E-state index in [4.69, 9.17) is 55.4 Å². The molecule has 0 fully saturated rings. The molecule has 0 aliphatic carbocycles. The summed E-state index contributed by atoms with van der Waals surface area (Å²) in [6, 6.07) is 9.46. The number of aryl methyl sites for hydroxylation is 2. The molecule has 2 amide bonds. The second kappa shape index (κ2) is 9.03. The van der Waals surface area contributed by atoms with Gasteiger partial charge in [0.2, 0.25) is 0 Å². The largest absolute Gasteiger partial charge is 0.359 e. The zero-order valence-corrected chi connectivity index (χ0v) is 19.6. The van der Waals surface area contributed by atoms with Crippen LogP contribution in [0.15, 0.2) is 45.4 Å². The summed E-state index contributed by atoms with van der Waals surface area (Å²) < 4.78 is 10.5. The lowest BCUT2D eigenvalue weighted by Crippen LogP contribution is -2.20. The highest BCUT2D eigenvalue weighted by Gasteiger charge is 2.24. The number of carbonyl (C=O) groups excluding carboxylic acids is 1. The number of nitrogens with one attached hydrogen (secondary N) is 2. The van der Waals surface area contributed by atoms with Crippen LogP contribution < -0.4 is 10.6 Å². The summed E-state index contributed by atoms with van der Waals surface area (Å²) >= 11 is 25.2. The summed E-state index contributed by atoms with van der Waals surface area (Å²) in [6.45, 7) is 3.30. The van der Waals surface area contributed by atoms with Gasteiger partial charge in [0.05, 0.1) is 20.1 Å². The van der Waals surface area contributed by atoms with Crippen LogP contribution in [-0.2, 0) is 0 Å². The van der Waals surface area contributed by atoms with Gasteiger partial charge in [0, 0.05) is 11.1 Å². The summed E-state index contributed by atoms with van der Waals surface area (Å²) in [6.07, 6.45) is 0. The monoisotopic (exact) mass is 510 g/mol. The number of nitrogens with zero attached hydrogens (tertiary/aromatic N) is 2. The van der Waals surface area contributed by atoms with Crippen molar-refractivity contribution in [1.29, 1.82) is 0 Å². The summed E-state index contributed by atoms with van der Waals surface area (Å²) in [4.78, 5) is 12.9. The van der Waals surface area contributed by atoms with Crippen molar-refractivity contribution in [1.82, 2.24) is 10.3 Å². The van der Waals surface area contributed by atoms with Crippen LogP contribution in [0.25, 0.3) is 22.5 Å². The zero-order valence-electron chi connectivity index (χ0n) is 16.6. The van der Waals surface area contributed by atoms with Crippen molar-refractivity contribution in [3.8, 4) is 22.5 Å². The van der Waals surface area contributed by atoms with E-state index in [0.29, 0.717) is 65.5 Å². The highest BCUT2D eigenvalue weighted by atomic mass is 35.5. The Morgan fingerprint density at radius 2 is 1.06 bits per heavy atom. The fourth-order valence-electron chi connectivity index (χ4n) is 3.09. The van der Waals surface area contributed by atoms with Crippen molar-refractivity contribution in [3.63, 3.8) is 0 Å². The van der Waals surface area contributed by atoms with Gasteiger partial charge in [-0.15, -0.1) is 0 Å². The van der Waals surface area contributed by atoms with Gasteiger partial charge in [0.15, 0.2) is 11.5 Å². The van der Waals surface area contributed by atoms with E-state index in [1.54, 1.807) is 50.2 Å². The van der Waals surface area contributed by atoms with Crippen molar-refractivity contribution in [2.24, 2.45) is 0 Å². The smallest absolute Gasteiger partial charge is 0.324 e. The van der Waals surface area contributed by atoms with Crippen molar-refractivity contribution in [2.75, 3.05) is 10.6 Å². The van der Waals surface area contributed by atoms with E-state index >= 15 is 0 Å². The highest BCUT2D eigenvalue weighted by molar-refractivity contribution is 6.40. The minimum absolute atomic E-state index is 0.296. The van der Waals surface area contributed by atoms with Gasteiger partial charge in [0.1, 0.15) is 22.8 Å². The Morgan fingerprint density at radius 3 is 1.41 bits per heavy atom.